The fourth-order valence-corrected chi connectivity index (χ4v) is 7.16. The second-order valence-corrected chi connectivity index (χ2v) is 12.3. The summed E-state index contributed by atoms with van der Waals surface area (Å²) in [5, 5.41) is 0.822. The number of aryl methyl sites for hydroxylation is 2. The SMILES string of the molecule is CC1(C)CCc2c(cc(OCC(=O)N3C[C@H]4C[C@@H](C3)c3cccc(=O)n3C4)c3c4c(c(=O)oc23)CCCC4)O1. The summed E-state index contributed by atoms with van der Waals surface area (Å²) in [5.41, 5.74) is 3.63. The lowest BCUT2D eigenvalue weighted by Gasteiger charge is -2.42. The van der Waals surface area contributed by atoms with Gasteiger partial charge in [0.25, 0.3) is 11.5 Å². The molecule has 1 saturated heterocycles. The number of piperidine rings is 1. The maximum absolute atomic E-state index is 13.5. The minimum Gasteiger partial charge on any atom is -0.487 e. The van der Waals surface area contributed by atoms with Gasteiger partial charge < -0.3 is 23.4 Å². The van der Waals surface area contributed by atoms with Gasteiger partial charge in [-0.3, -0.25) is 9.59 Å². The Morgan fingerprint density at radius 2 is 1.87 bits per heavy atom. The zero-order valence-corrected chi connectivity index (χ0v) is 22.6. The van der Waals surface area contributed by atoms with Gasteiger partial charge >= 0.3 is 5.63 Å². The van der Waals surface area contributed by atoms with E-state index < -0.39 is 0 Å². The Morgan fingerprint density at radius 3 is 2.72 bits per heavy atom. The van der Waals surface area contributed by atoms with Crippen molar-refractivity contribution >= 4 is 16.9 Å². The number of hydrogen-bond acceptors (Lipinski definition) is 6. The highest BCUT2D eigenvalue weighted by Crippen LogP contribution is 2.44. The summed E-state index contributed by atoms with van der Waals surface area (Å²) in [7, 11) is 0. The predicted octanol–water partition coefficient (Wildman–Crippen LogP) is 3.96. The molecular formula is C31H34N2O6. The lowest BCUT2D eigenvalue weighted by molar-refractivity contribution is -0.136. The first-order chi connectivity index (χ1) is 18.8. The van der Waals surface area contributed by atoms with E-state index in [1.807, 2.05) is 41.5 Å². The summed E-state index contributed by atoms with van der Waals surface area (Å²) in [4.78, 5) is 40.7. The van der Waals surface area contributed by atoms with Crippen LogP contribution in [0.3, 0.4) is 0 Å². The topological polar surface area (TPSA) is 91.0 Å². The Bertz CT molecular complexity index is 1620. The molecule has 1 aliphatic carbocycles. The molecule has 2 aromatic heterocycles. The van der Waals surface area contributed by atoms with Gasteiger partial charge in [0.2, 0.25) is 0 Å². The molecule has 204 valence electrons. The van der Waals surface area contributed by atoms with Gasteiger partial charge in [-0.1, -0.05) is 6.07 Å². The lowest BCUT2D eigenvalue weighted by Crippen LogP contribution is -2.50. The van der Waals surface area contributed by atoms with Crippen LogP contribution in [0.5, 0.6) is 11.5 Å². The number of hydrogen-bond donors (Lipinski definition) is 0. The molecule has 3 aliphatic heterocycles. The molecule has 7 rings (SSSR count). The molecule has 1 fully saturated rings. The van der Waals surface area contributed by atoms with Crippen molar-refractivity contribution < 1.29 is 18.7 Å². The minimum atomic E-state index is -0.341. The van der Waals surface area contributed by atoms with Crippen molar-refractivity contribution in [2.45, 2.75) is 76.9 Å². The number of fused-ring (bicyclic) bond motifs is 9. The molecule has 1 amide bonds. The Labute approximate surface area is 226 Å². The van der Waals surface area contributed by atoms with Gasteiger partial charge in [-0.15, -0.1) is 0 Å². The Morgan fingerprint density at radius 1 is 1.05 bits per heavy atom. The van der Waals surface area contributed by atoms with Gasteiger partial charge in [-0.05, 0) is 76.3 Å². The van der Waals surface area contributed by atoms with Crippen molar-refractivity contribution in [3.05, 3.63) is 67.4 Å². The highest BCUT2D eigenvalue weighted by atomic mass is 16.5. The summed E-state index contributed by atoms with van der Waals surface area (Å²) < 4.78 is 20.4. The number of rotatable bonds is 3. The van der Waals surface area contributed by atoms with Gasteiger partial charge in [-0.25, -0.2) is 4.79 Å². The van der Waals surface area contributed by atoms with E-state index in [9.17, 15) is 14.4 Å². The zero-order chi connectivity index (χ0) is 26.9. The van der Waals surface area contributed by atoms with Crippen LogP contribution in [0.1, 0.15) is 67.8 Å². The van der Waals surface area contributed by atoms with Gasteiger partial charge in [0.15, 0.2) is 6.61 Å². The summed E-state index contributed by atoms with van der Waals surface area (Å²) in [6, 6.07) is 7.32. The average Bonchev–Trinajstić information content (AvgIpc) is 2.91. The van der Waals surface area contributed by atoms with Gasteiger partial charge in [-0.2, -0.15) is 0 Å². The Balaban J connectivity index is 1.21. The molecular weight excluding hydrogens is 496 g/mol. The Hall–Kier alpha value is -3.55. The van der Waals surface area contributed by atoms with Crippen molar-refractivity contribution in [2.75, 3.05) is 19.7 Å². The predicted molar refractivity (Wildman–Crippen MR) is 146 cm³/mol. The monoisotopic (exact) mass is 530 g/mol. The van der Waals surface area contributed by atoms with Crippen LogP contribution in [0.4, 0.5) is 0 Å². The van der Waals surface area contributed by atoms with E-state index in [0.29, 0.717) is 43.1 Å². The van der Waals surface area contributed by atoms with Crippen molar-refractivity contribution in [1.82, 2.24) is 9.47 Å². The van der Waals surface area contributed by atoms with Crippen molar-refractivity contribution in [2.24, 2.45) is 5.92 Å². The molecule has 8 nitrogen and oxygen atoms in total. The molecule has 4 aliphatic rings. The third kappa shape index (κ3) is 4.15. The van der Waals surface area contributed by atoms with Gasteiger partial charge in [0.1, 0.15) is 22.7 Å². The molecule has 0 N–H and O–H groups in total. The molecule has 0 spiro atoms. The molecule has 2 bridgehead atoms. The van der Waals surface area contributed by atoms with Crippen LogP contribution in [-0.2, 0) is 30.6 Å². The fraction of sp³-hybridized carbons (Fsp3) is 0.516. The average molecular weight is 531 g/mol. The largest absolute Gasteiger partial charge is 0.487 e. The highest BCUT2D eigenvalue weighted by molar-refractivity contribution is 5.93. The number of nitrogens with zero attached hydrogens (tertiary/aromatic N) is 2. The Kier molecular flexibility index (Phi) is 5.65. The van der Waals surface area contributed by atoms with Gasteiger partial charge in [0.05, 0.1) is 5.39 Å². The number of benzene rings is 1. The smallest absolute Gasteiger partial charge is 0.339 e. The number of ether oxygens (including phenoxy) is 2. The highest BCUT2D eigenvalue weighted by Gasteiger charge is 2.37. The van der Waals surface area contributed by atoms with Crippen molar-refractivity contribution in [3.8, 4) is 11.5 Å². The molecule has 5 heterocycles. The second-order valence-electron chi connectivity index (χ2n) is 12.3. The lowest BCUT2D eigenvalue weighted by atomic mass is 9.83. The molecule has 0 unspecified atom stereocenters. The number of likely N-dealkylation sites (tertiary alicyclic amines) is 1. The molecule has 0 saturated carbocycles. The molecule has 3 aromatic rings. The molecule has 8 heteroatoms. The standard InChI is InChI=1S/C31H34N2O6/c1-31(2)11-10-22-24(39-31)13-25(28-20-6-3-4-7-21(20)30(36)38-29(22)28)37-17-27(35)32-14-18-12-19(16-32)23-8-5-9-26(34)33(23)15-18/h5,8-9,13,18-19H,3-4,6-7,10-12,14-17H2,1-2H3/t18-,19+/m1/s1. The first-order valence-corrected chi connectivity index (χ1v) is 14.2. The van der Waals surface area contributed by atoms with Crippen LogP contribution in [0, 0.1) is 5.92 Å². The van der Waals surface area contributed by atoms with Crippen LogP contribution in [0.2, 0.25) is 0 Å². The van der Waals surface area contributed by atoms with E-state index >= 15 is 0 Å². The third-order valence-corrected chi connectivity index (χ3v) is 9.06. The van der Waals surface area contributed by atoms with Gasteiger partial charge in [0, 0.05) is 54.5 Å². The van der Waals surface area contributed by atoms with Crippen LogP contribution in [0.25, 0.3) is 11.0 Å². The minimum absolute atomic E-state index is 0.0324. The molecule has 1 aromatic carbocycles. The van der Waals surface area contributed by atoms with Crippen LogP contribution < -0.4 is 20.7 Å². The fourth-order valence-electron chi connectivity index (χ4n) is 7.16. The first kappa shape index (κ1) is 24.5. The first-order valence-electron chi connectivity index (χ1n) is 14.2. The third-order valence-electron chi connectivity index (χ3n) is 9.06. The molecule has 2 atom stereocenters. The van der Waals surface area contributed by atoms with Crippen LogP contribution >= 0.6 is 0 Å². The quantitative estimate of drug-likeness (QED) is 0.476. The number of aromatic nitrogens is 1. The van der Waals surface area contributed by atoms with E-state index in [4.69, 9.17) is 13.9 Å². The zero-order valence-electron chi connectivity index (χ0n) is 22.6. The summed E-state index contributed by atoms with van der Waals surface area (Å²) in [6.07, 6.45) is 6.02. The maximum Gasteiger partial charge on any atom is 0.339 e. The van der Waals surface area contributed by atoms with E-state index in [0.717, 1.165) is 66.3 Å². The summed E-state index contributed by atoms with van der Waals surface area (Å²) in [6.45, 7) is 5.83. The number of pyridine rings is 1. The molecule has 39 heavy (non-hydrogen) atoms. The second kappa shape index (κ2) is 9.00. The van der Waals surface area contributed by atoms with Crippen molar-refractivity contribution in [3.63, 3.8) is 0 Å². The van der Waals surface area contributed by atoms with Crippen molar-refractivity contribution in [1.29, 1.82) is 0 Å². The number of carbonyl (C=O) groups is 1. The number of carbonyl (C=O) groups excluding carboxylic acids is 1. The molecule has 0 radical (unpaired) electrons. The van der Waals surface area contributed by atoms with Crippen LogP contribution in [0.15, 0.2) is 38.3 Å². The maximum atomic E-state index is 13.5. The van der Waals surface area contributed by atoms with Crippen LogP contribution in [-0.4, -0.2) is 40.7 Å². The van der Waals surface area contributed by atoms with E-state index in [2.05, 4.69) is 0 Å². The van der Waals surface area contributed by atoms with E-state index in [1.165, 1.54) is 0 Å². The summed E-state index contributed by atoms with van der Waals surface area (Å²) >= 11 is 0. The normalized spacial score (nSPS) is 22.9. The van der Waals surface area contributed by atoms with E-state index in [1.54, 1.807) is 6.07 Å². The number of amides is 1. The summed E-state index contributed by atoms with van der Waals surface area (Å²) in [5.74, 6) is 1.54. The van der Waals surface area contributed by atoms with E-state index in [-0.39, 0.29) is 41.1 Å².